The Morgan fingerprint density at radius 1 is 0.952 bits per heavy atom. The van der Waals surface area contributed by atoms with E-state index >= 15 is 0 Å². The lowest BCUT2D eigenvalue weighted by Gasteiger charge is -2.16. The first-order valence-corrected chi connectivity index (χ1v) is 6.82. The van der Waals surface area contributed by atoms with E-state index in [4.69, 9.17) is 9.47 Å². The maximum Gasteiger partial charge on any atom is 0.337 e. The van der Waals surface area contributed by atoms with Gasteiger partial charge in [-0.25, -0.2) is 4.79 Å². The Hall–Kier alpha value is -2.29. The van der Waals surface area contributed by atoms with E-state index in [2.05, 4.69) is 32.9 Å². The van der Waals surface area contributed by atoms with Crippen molar-refractivity contribution < 1.29 is 14.3 Å². The normalized spacial score (nSPS) is 10.3. The molecular formula is C18H20O3. The summed E-state index contributed by atoms with van der Waals surface area (Å²) in [7, 11) is 3.02. The number of methoxy groups -OCH3 is 2. The Morgan fingerprint density at radius 2 is 1.57 bits per heavy atom. The van der Waals surface area contributed by atoms with Gasteiger partial charge in [0.15, 0.2) is 0 Å². The monoisotopic (exact) mass is 284 g/mol. The summed E-state index contributed by atoms with van der Waals surface area (Å²) in [6.45, 7) is 6.21. The van der Waals surface area contributed by atoms with Crippen LogP contribution in [0, 0.1) is 20.8 Å². The van der Waals surface area contributed by atoms with Gasteiger partial charge in [0.25, 0.3) is 0 Å². The molecule has 0 aliphatic carbocycles. The molecule has 0 aliphatic heterocycles. The molecule has 0 bridgehead atoms. The van der Waals surface area contributed by atoms with Crippen LogP contribution in [0.1, 0.15) is 27.0 Å². The van der Waals surface area contributed by atoms with Crippen LogP contribution in [0.3, 0.4) is 0 Å². The number of ether oxygens (including phenoxy) is 2. The molecule has 0 spiro atoms. The van der Waals surface area contributed by atoms with E-state index in [1.165, 1.54) is 12.7 Å². The second-order valence-electron chi connectivity index (χ2n) is 5.18. The smallest absolute Gasteiger partial charge is 0.337 e. The van der Waals surface area contributed by atoms with Crippen molar-refractivity contribution in [3.8, 4) is 16.9 Å². The standard InChI is InChI=1S/C18H20O3/c1-11-8-12(2)17(13(3)9-11)15-10-14(18(19)21-5)6-7-16(15)20-4/h6-10H,1-5H3. The van der Waals surface area contributed by atoms with Gasteiger partial charge in [0.1, 0.15) is 5.75 Å². The lowest BCUT2D eigenvalue weighted by Crippen LogP contribution is -2.02. The number of aryl methyl sites for hydroxylation is 3. The molecule has 0 heterocycles. The van der Waals surface area contributed by atoms with E-state index in [1.807, 2.05) is 6.07 Å². The largest absolute Gasteiger partial charge is 0.496 e. The molecule has 0 saturated heterocycles. The Balaban J connectivity index is 2.70. The minimum Gasteiger partial charge on any atom is -0.496 e. The average molecular weight is 284 g/mol. The van der Waals surface area contributed by atoms with Crippen molar-refractivity contribution in [2.45, 2.75) is 20.8 Å². The Labute approximate surface area is 125 Å². The summed E-state index contributed by atoms with van der Waals surface area (Å²) >= 11 is 0. The summed E-state index contributed by atoms with van der Waals surface area (Å²) in [5.41, 5.74) is 6.07. The fraction of sp³-hybridized carbons (Fsp3) is 0.278. The van der Waals surface area contributed by atoms with Crippen LogP contribution in [-0.4, -0.2) is 20.2 Å². The van der Waals surface area contributed by atoms with Crippen molar-refractivity contribution >= 4 is 5.97 Å². The van der Waals surface area contributed by atoms with Gasteiger partial charge in [-0.3, -0.25) is 0 Å². The fourth-order valence-electron chi connectivity index (χ4n) is 2.75. The van der Waals surface area contributed by atoms with Crippen LogP contribution in [0.4, 0.5) is 0 Å². The van der Waals surface area contributed by atoms with Crippen molar-refractivity contribution in [3.63, 3.8) is 0 Å². The SMILES string of the molecule is COC(=O)c1ccc(OC)c(-c2c(C)cc(C)cc2C)c1. The van der Waals surface area contributed by atoms with Crippen molar-refractivity contribution in [2.24, 2.45) is 0 Å². The summed E-state index contributed by atoms with van der Waals surface area (Å²) < 4.78 is 10.3. The van der Waals surface area contributed by atoms with Crippen molar-refractivity contribution in [1.82, 2.24) is 0 Å². The predicted molar refractivity (Wildman–Crippen MR) is 84.0 cm³/mol. The summed E-state index contributed by atoms with van der Waals surface area (Å²) in [6, 6.07) is 9.61. The second-order valence-corrected chi connectivity index (χ2v) is 5.18. The maximum atomic E-state index is 11.8. The molecule has 21 heavy (non-hydrogen) atoms. The van der Waals surface area contributed by atoms with Gasteiger partial charge in [-0.15, -0.1) is 0 Å². The van der Waals surface area contributed by atoms with Gasteiger partial charge >= 0.3 is 5.97 Å². The summed E-state index contributed by atoms with van der Waals surface area (Å²) in [4.78, 5) is 11.8. The van der Waals surface area contributed by atoms with Crippen molar-refractivity contribution in [2.75, 3.05) is 14.2 Å². The number of carbonyl (C=O) groups is 1. The highest BCUT2D eigenvalue weighted by atomic mass is 16.5. The Kier molecular flexibility index (Phi) is 4.32. The van der Waals surface area contributed by atoms with Crippen LogP contribution in [0.2, 0.25) is 0 Å². The van der Waals surface area contributed by atoms with Crippen LogP contribution in [-0.2, 0) is 4.74 Å². The summed E-state index contributed by atoms with van der Waals surface area (Å²) in [5.74, 6) is 0.402. The van der Waals surface area contributed by atoms with Gasteiger partial charge in [0.05, 0.1) is 19.8 Å². The summed E-state index contributed by atoms with van der Waals surface area (Å²) in [6.07, 6.45) is 0. The quantitative estimate of drug-likeness (QED) is 0.797. The van der Waals surface area contributed by atoms with Gasteiger partial charge in [-0.1, -0.05) is 17.7 Å². The molecule has 0 aliphatic rings. The number of hydrogen-bond donors (Lipinski definition) is 0. The molecule has 2 rings (SSSR count). The Morgan fingerprint density at radius 3 is 2.10 bits per heavy atom. The number of rotatable bonds is 3. The highest BCUT2D eigenvalue weighted by Crippen LogP contribution is 2.36. The van der Waals surface area contributed by atoms with Crippen LogP contribution in [0.25, 0.3) is 11.1 Å². The molecule has 0 saturated carbocycles. The highest BCUT2D eigenvalue weighted by Gasteiger charge is 2.15. The molecule has 0 radical (unpaired) electrons. The average Bonchev–Trinajstić information content (AvgIpc) is 2.45. The van der Waals surface area contributed by atoms with E-state index in [0.29, 0.717) is 5.56 Å². The molecule has 0 unspecified atom stereocenters. The number of hydrogen-bond acceptors (Lipinski definition) is 3. The van der Waals surface area contributed by atoms with Gasteiger partial charge in [0.2, 0.25) is 0 Å². The van der Waals surface area contributed by atoms with Crippen LogP contribution in [0.15, 0.2) is 30.3 Å². The first-order chi connectivity index (χ1) is 9.97. The van der Waals surface area contributed by atoms with Crippen molar-refractivity contribution in [3.05, 3.63) is 52.6 Å². The zero-order chi connectivity index (χ0) is 15.6. The van der Waals surface area contributed by atoms with Crippen molar-refractivity contribution in [1.29, 1.82) is 0 Å². The van der Waals surface area contributed by atoms with E-state index in [9.17, 15) is 4.79 Å². The third-order valence-electron chi connectivity index (χ3n) is 3.57. The molecule has 0 fully saturated rings. The molecule has 0 amide bonds. The predicted octanol–water partition coefficient (Wildman–Crippen LogP) is 4.07. The molecule has 2 aromatic carbocycles. The van der Waals surface area contributed by atoms with E-state index in [1.54, 1.807) is 19.2 Å². The summed E-state index contributed by atoms with van der Waals surface area (Å²) in [5, 5.41) is 0. The number of esters is 1. The van der Waals surface area contributed by atoms with Gasteiger partial charge in [0, 0.05) is 5.56 Å². The van der Waals surface area contributed by atoms with Crippen LogP contribution in [0.5, 0.6) is 5.75 Å². The third kappa shape index (κ3) is 2.92. The fourth-order valence-corrected chi connectivity index (χ4v) is 2.75. The zero-order valence-corrected chi connectivity index (χ0v) is 13.1. The van der Waals surface area contributed by atoms with Gasteiger partial charge in [-0.2, -0.15) is 0 Å². The van der Waals surface area contributed by atoms with E-state index < -0.39 is 0 Å². The topological polar surface area (TPSA) is 35.5 Å². The number of benzene rings is 2. The first kappa shape index (κ1) is 15.1. The Bertz CT molecular complexity index is 664. The van der Waals surface area contributed by atoms with E-state index in [-0.39, 0.29) is 5.97 Å². The molecule has 0 atom stereocenters. The number of carbonyl (C=O) groups excluding carboxylic acids is 1. The van der Waals surface area contributed by atoms with Gasteiger partial charge < -0.3 is 9.47 Å². The first-order valence-electron chi connectivity index (χ1n) is 6.82. The zero-order valence-electron chi connectivity index (χ0n) is 13.1. The lowest BCUT2D eigenvalue weighted by molar-refractivity contribution is 0.0601. The molecule has 0 aromatic heterocycles. The minimum absolute atomic E-state index is 0.346. The molecule has 110 valence electrons. The molecule has 0 N–H and O–H groups in total. The molecule has 3 heteroatoms. The minimum atomic E-state index is -0.346. The molecule has 2 aromatic rings. The maximum absolute atomic E-state index is 11.8. The van der Waals surface area contributed by atoms with Gasteiger partial charge in [-0.05, 0) is 55.7 Å². The van der Waals surface area contributed by atoms with E-state index in [0.717, 1.165) is 28.0 Å². The molecular weight excluding hydrogens is 264 g/mol. The highest BCUT2D eigenvalue weighted by molar-refractivity contribution is 5.92. The third-order valence-corrected chi connectivity index (χ3v) is 3.57. The lowest BCUT2D eigenvalue weighted by atomic mass is 9.92. The van der Waals surface area contributed by atoms with Crippen LogP contribution >= 0.6 is 0 Å². The molecule has 3 nitrogen and oxygen atoms in total. The second kappa shape index (κ2) is 6.00. The van der Waals surface area contributed by atoms with Crippen LogP contribution < -0.4 is 4.74 Å².